The van der Waals surface area contributed by atoms with Crippen molar-refractivity contribution in [2.45, 2.75) is 26.2 Å². The van der Waals surface area contributed by atoms with E-state index in [-0.39, 0.29) is 5.91 Å². The number of halogens is 1. The average molecular weight is 317 g/mol. The quantitative estimate of drug-likeness (QED) is 0.821. The van der Waals surface area contributed by atoms with Gasteiger partial charge in [0.05, 0.1) is 14.7 Å². The molecule has 1 aromatic heterocycles. The zero-order valence-corrected chi connectivity index (χ0v) is 13.1. The van der Waals surface area contributed by atoms with Crippen molar-refractivity contribution in [3.63, 3.8) is 0 Å². The number of rotatable bonds is 5. The standard InChI is InChI=1S/C13H17ClN2OS2/c1-8-6-13(7-8,11(15)18)12(17)16-5-4-9-2-3-10(14)19-9/h2-3,8H,4-7H2,1H3,(H2,15,18)(H,16,17). The maximum atomic E-state index is 12.2. The first-order valence-electron chi connectivity index (χ1n) is 6.26. The largest absolute Gasteiger partial charge is 0.392 e. The predicted octanol–water partition coefficient (Wildman–Crippen LogP) is 2.76. The molecule has 1 heterocycles. The molecule has 0 aliphatic heterocycles. The highest BCUT2D eigenvalue weighted by molar-refractivity contribution is 7.80. The normalized spacial score (nSPS) is 25.7. The number of hydrogen-bond acceptors (Lipinski definition) is 3. The first-order valence-corrected chi connectivity index (χ1v) is 7.87. The van der Waals surface area contributed by atoms with E-state index in [1.54, 1.807) is 0 Å². The summed E-state index contributed by atoms with van der Waals surface area (Å²) in [4.78, 5) is 13.7. The third-order valence-electron chi connectivity index (χ3n) is 3.59. The van der Waals surface area contributed by atoms with Gasteiger partial charge >= 0.3 is 0 Å². The first kappa shape index (κ1) is 14.8. The molecular formula is C13H17ClN2OS2. The number of thiophene rings is 1. The van der Waals surface area contributed by atoms with E-state index in [0.717, 1.165) is 28.5 Å². The van der Waals surface area contributed by atoms with Crippen LogP contribution in [0.4, 0.5) is 0 Å². The Morgan fingerprint density at radius 2 is 2.32 bits per heavy atom. The number of carbonyl (C=O) groups excluding carboxylic acids is 1. The van der Waals surface area contributed by atoms with Gasteiger partial charge in [-0.15, -0.1) is 11.3 Å². The van der Waals surface area contributed by atoms with Crippen molar-refractivity contribution in [2.75, 3.05) is 6.54 Å². The number of amides is 1. The van der Waals surface area contributed by atoms with Gasteiger partial charge in [0.1, 0.15) is 0 Å². The van der Waals surface area contributed by atoms with Crippen molar-refractivity contribution in [2.24, 2.45) is 17.1 Å². The lowest BCUT2D eigenvalue weighted by Gasteiger charge is -2.44. The summed E-state index contributed by atoms with van der Waals surface area (Å²) in [7, 11) is 0. The molecule has 6 heteroatoms. The summed E-state index contributed by atoms with van der Waals surface area (Å²) < 4.78 is 0.772. The van der Waals surface area contributed by atoms with Crippen LogP contribution in [0.2, 0.25) is 4.34 Å². The SMILES string of the molecule is CC1CC(C(=O)NCCc2ccc(Cl)s2)(C(N)=S)C1. The topological polar surface area (TPSA) is 55.1 Å². The summed E-state index contributed by atoms with van der Waals surface area (Å²) in [5.74, 6) is 0.490. The molecule has 1 fully saturated rings. The number of thiocarbonyl (C=S) groups is 1. The summed E-state index contributed by atoms with van der Waals surface area (Å²) in [5.41, 5.74) is 5.13. The maximum absolute atomic E-state index is 12.2. The molecule has 2 rings (SSSR count). The van der Waals surface area contributed by atoms with Crippen LogP contribution in [0.25, 0.3) is 0 Å². The fourth-order valence-corrected chi connectivity index (χ4v) is 3.93. The molecule has 0 atom stereocenters. The molecule has 3 N–H and O–H groups in total. The van der Waals surface area contributed by atoms with E-state index >= 15 is 0 Å². The van der Waals surface area contributed by atoms with Crippen LogP contribution in [0, 0.1) is 11.3 Å². The Hall–Kier alpha value is -0.650. The van der Waals surface area contributed by atoms with Crippen LogP contribution < -0.4 is 11.1 Å². The van der Waals surface area contributed by atoms with Crippen LogP contribution in [-0.4, -0.2) is 17.4 Å². The van der Waals surface area contributed by atoms with Crippen LogP contribution in [0.1, 0.15) is 24.6 Å². The Morgan fingerprint density at radius 3 is 2.79 bits per heavy atom. The summed E-state index contributed by atoms with van der Waals surface area (Å²) >= 11 is 12.5. The van der Waals surface area contributed by atoms with Crippen LogP contribution in [0.15, 0.2) is 12.1 Å². The van der Waals surface area contributed by atoms with E-state index in [1.807, 2.05) is 12.1 Å². The zero-order valence-electron chi connectivity index (χ0n) is 10.7. The van der Waals surface area contributed by atoms with Crippen molar-refractivity contribution < 1.29 is 4.79 Å². The fraction of sp³-hybridized carbons (Fsp3) is 0.538. The van der Waals surface area contributed by atoms with Gasteiger partial charge in [-0.3, -0.25) is 4.79 Å². The van der Waals surface area contributed by atoms with Crippen molar-refractivity contribution in [1.82, 2.24) is 5.32 Å². The minimum atomic E-state index is -0.609. The summed E-state index contributed by atoms with van der Waals surface area (Å²) in [5, 5.41) is 2.94. The minimum Gasteiger partial charge on any atom is -0.392 e. The van der Waals surface area contributed by atoms with Gasteiger partial charge in [-0.25, -0.2) is 0 Å². The first-order chi connectivity index (χ1) is 8.94. The number of nitrogens with two attached hydrogens (primary N) is 1. The van der Waals surface area contributed by atoms with Crippen molar-refractivity contribution in [3.05, 3.63) is 21.3 Å². The molecule has 1 aliphatic rings. The molecule has 0 radical (unpaired) electrons. The second-order valence-electron chi connectivity index (χ2n) is 5.17. The van der Waals surface area contributed by atoms with E-state index in [0.29, 0.717) is 17.5 Å². The van der Waals surface area contributed by atoms with Gasteiger partial charge in [-0.05, 0) is 37.3 Å². The molecular weight excluding hydrogens is 300 g/mol. The van der Waals surface area contributed by atoms with Gasteiger partial charge < -0.3 is 11.1 Å². The summed E-state index contributed by atoms with van der Waals surface area (Å²) in [6, 6.07) is 3.85. The smallest absolute Gasteiger partial charge is 0.233 e. The molecule has 0 spiro atoms. The molecule has 0 saturated heterocycles. The second kappa shape index (κ2) is 5.77. The third kappa shape index (κ3) is 3.09. The highest BCUT2D eigenvalue weighted by Gasteiger charge is 2.50. The van der Waals surface area contributed by atoms with Crippen LogP contribution in [-0.2, 0) is 11.2 Å². The van der Waals surface area contributed by atoms with Gasteiger partial charge in [-0.2, -0.15) is 0 Å². The van der Waals surface area contributed by atoms with E-state index in [2.05, 4.69) is 12.2 Å². The molecule has 0 aromatic carbocycles. The molecule has 0 unspecified atom stereocenters. The van der Waals surface area contributed by atoms with Crippen molar-refractivity contribution in [3.8, 4) is 0 Å². The Morgan fingerprint density at radius 1 is 1.63 bits per heavy atom. The van der Waals surface area contributed by atoms with Gasteiger partial charge in [-0.1, -0.05) is 30.7 Å². The van der Waals surface area contributed by atoms with E-state index in [9.17, 15) is 4.79 Å². The van der Waals surface area contributed by atoms with Crippen LogP contribution in [0.3, 0.4) is 0 Å². The molecule has 1 aliphatic carbocycles. The van der Waals surface area contributed by atoms with Gasteiger partial charge in [0.15, 0.2) is 0 Å². The molecule has 0 bridgehead atoms. The highest BCUT2D eigenvalue weighted by atomic mass is 35.5. The van der Waals surface area contributed by atoms with Gasteiger partial charge in [0.2, 0.25) is 5.91 Å². The van der Waals surface area contributed by atoms with E-state index < -0.39 is 5.41 Å². The number of nitrogens with one attached hydrogen (secondary N) is 1. The highest BCUT2D eigenvalue weighted by Crippen LogP contribution is 2.45. The molecule has 104 valence electrons. The molecule has 1 saturated carbocycles. The predicted molar refractivity (Wildman–Crippen MR) is 83.7 cm³/mol. The Bertz CT molecular complexity index is 495. The Kier molecular flexibility index (Phi) is 4.48. The lowest BCUT2D eigenvalue weighted by Crippen LogP contribution is -2.56. The maximum Gasteiger partial charge on any atom is 0.233 e. The lowest BCUT2D eigenvalue weighted by atomic mass is 9.62. The summed E-state index contributed by atoms with van der Waals surface area (Å²) in [6.07, 6.45) is 2.31. The van der Waals surface area contributed by atoms with Crippen LogP contribution in [0.5, 0.6) is 0 Å². The molecule has 19 heavy (non-hydrogen) atoms. The zero-order chi connectivity index (χ0) is 14.0. The molecule has 3 nitrogen and oxygen atoms in total. The van der Waals surface area contributed by atoms with Crippen molar-refractivity contribution in [1.29, 1.82) is 0 Å². The van der Waals surface area contributed by atoms with Gasteiger partial charge in [0, 0.05) is 11.4 Å². The summed E-state index contributed by atoms with van der Waals surface area (Å²) in [6.45, 7) is 2.70. The lowest BCUT2D eigenvalue weighted by molar-refractivity contribution is -0.132. The number of carbonyl (C=O) groups is 1. The minimum absolute atomic E-state index is 0.0271. The van der Waals surface area contributed by atoms with Crippen LogP contribution >= 0.6 is 35.2 Å². The average Bonchev–Trinajstić information content (AvgIpc) is 2.70. The Labute approximate surface area is 127 Å². The molecule has 1 aromatic rings. The van der Waals surface area contributed by atoms with E-state index in [1.165, 1.54) is 11.3 Å². The monoisotopic (exact) mass is 316 g/mol. The molecule has 1 amide bonds. The van der Waals surface area contributed by atoms with Gasteiger partial charge in [0.25, 0.3) is 0 Å². The number of hydrogen-bond donors (Lipinski definition) is 2. The fourth-order valence-electron chi connectivity index (χ4n) is 2.58. The Balaban J connectivity index is 1.85. The third-order valence-corrected chi connectivity index (χ3v) is 5.27. The van der Waals surface area contributed by atoms with E-state index in [4.69, 9.17) is 29.6 Å². The second-order valence-corrected chi connectivity index (χ2v) is 7.41. The van der Waals surface area contributed by atoms with Crippen molar-refractivity contribution >= 4 is 46.1 Å².